The largest absolute Gasteiger partial charge is 0.503 e. The number of unbranched alkanes of at least 4 members (excludes halogenated alkanes) is 1. The summed E-state index contributed by atoms with van der Waals surface area (Å²) in [6.07, 6.45) is 5.13. The van der Waals surface area contributed by atoms with Gasteiger partial charge in [-0.3, -0.25) is 9.59 Å². The Balaban J connectivity index is 1.90. The second-order valence-corrected chi connectivity index (χ2v) is 8.35. The molecule has 1 aliphatic heterocycles. The molecule has 6 nitrogen and oxygen atoms in total. The molecule has 1 heterocycles. The average molecular weight is 449 g/mol. The van der Waals surface area contributed by atoms with Gasteiger partial charge in [0, 0.05) is 13.1 Å². The van der Waals surface area contributed by atoms with Crippen LogP contribution in [0.2, 0.25) is 0 Å². The molecule has 0 bridgehead atoms. The fraction of sp³-hybridized carbons (Fsp3) is 0.333. The van der Waals surface area contributed by atoms with Gasteiger partial charge in [-0.2, -0.15) is 0 Å². The van der Waals surface area contributed by atoms with Gasteiger partial charge in [-0.15, -0.1) is 0 Å². The molecule has 1 N–H and O–H groups in total. The zero-order valence-corrected chi connectivity index (χ0v) is 19.5. The van der Waals surface area contributed by atoms with E-state index in [-0.39, 0.29) is 11.4 Å². The Morgan fingerprint density at radius 3 is 2.45 bits per heavy atom. The first-order valence-corrected chi connectivity index (χ1v) is 11.3. The number of rotatable bonds is 11. The fourth-order valence-electron chi connectivity index (χ4n) is 3.70. The molecular formula is C27H32N2O4. The van der Waals surface area contributed by atoms with Crippen LogP contribution >= 0.6 is 0 Å². The first kappa shape index (κ1) is 24.3. The summed E-state index contributed by atoms with van der Waals surface area (Å²) in [7, 11) is 3.83. The molecule has 6 heteroatoms. The highest BCUT2D eigenvalue weighted by Gasteiger charge is 2.42. The Morgan fingerprint density at radius 1 is 1.12 bits per heavy atom. The van der Waals surface area contributed by atoms with Crippen molar-refractivity contribution >= 4 is 17.8 Å². The number of ether oxygens (including phenoxy) is 1. The average Bonchev–Trinajstić information content (AvgIpc) is 3.07. The normalized spacial score (nSPS) is 16.3. The van der Waals surface area contributed by atoms with Crippen LogP contribution in [0.4, 0.5) is 0 Å². The van der Waals surface area contributed by atoms with Gasteiger partial charge in [0.15, 0.2) is 11.5 Å². The molecule has 0 radical (unpaired) electrons. The molecule has 3 rings (SSSR count). The van der Waals surface area contributed by atoms with E-state index in [2.05, 4.69) is 6.92 Å². The van der Waals surface area contributed by atoms with Crippen molar-refractivity contribution in [3.63, 3.8) is 0 Å². The van der Waals surface area contributed by atoms with Crippen LogP contribution < -0.4 is 4.74 Å². The van der Waals surface area contributed by atoms with Crippen LogP contribution in [0.15, 0.2) is 72.0 Å². The minimum Gasteiger partial charge on any atom is -0.503 e. The van der Waals surface area contributed by atoms with Gasteiger partial charge in [0.25, 0.3) is 5.91 Å². The van der Waals surface area contributed by atoms with Crippen molar-refractivity contribution in [3.05, 3.63) is 83.1 Å². The summed E-state index contributed by atoms with van der Waals surface area (Å²) in [5.41, 5.74) is 1.72. The number of allylic oxidation sites excluding steroid dienone is 1. The van der Waals surface area contributed by atoms with Crippen molar-refractivity contribution in [2.45, 2.75) is 25.8 Å². The number of likely N-dealkylation sites (N-methyl/N-ethyl adjacent to an activating group) is 1. The molecule has 0 saturated heterocycles. The molecule has 0 aromatic heterocycles. The number of aliphatic hydroxyl groups excluding tert-OH is 1. The van der Waals surface area contributed by atoms with E-state index >= 15 is 0 Å². The summed E-state index contributed by atoms with van der Waals surface area (Å²) in [5, 5.41) is 10.7. The minimum atomic E-state index is -0.657. The lowest BCUT2D eigenvalue weighted by Crippen LogP contribution is -2.36. The molecule has 2 aromatic carbocycles. The third kappa shape index (κ3) is 6.11. The van der Waals surface area contributed by atoms with E-state index in [1.807, 2.05) is 73.6 Å². The number of hydrogen-bond donors (Lipinski definition) is 1. The van der Waals surface area contributed by atoms with Crippen molar-refractivity contribution in [1.29, 1.82) is 0 Å². The Kier molecular flexibility index (Phi) is 8.44. The number of ketones is 1. The number of carbonyl (C=O) groups is 2. The maximum Gasteiger partial charge on any atom is 0.290 e. The van der Waals surface area contributed by atoms with E-state index < -0.39 is 17.7 Å². The van der Waals surface area contributed by atoms with Gasteiger partial charge in [0.1, 0.15) is 5.75 Å². The maximum absolute atomic E-state index is 13.2. The molecule has 33 heavy (non-hydrogen) atoms. The maximum atomic E-state index is 13.2. The molecule has 0 fully saturated rings. The summed E-state index contributed by atoms with van der Waals surface area (Å²) in [5.74, 6) is -0.655. The van der Waals surface area contributed by atoms with Crippen molar-refractivity contribution < 1.29 is 19.4 Å². The molecule has 1 unspecified atom stereocenters. The highest BCUT2D eigenvalue weighted by Crippen LogP contribution is 2.38. The summed E-state index contributed by atoms with van der Waals surface area (Å²) >= 11 is 0. The van der Waals surface area contributed by atoms with E-state index in [9.17, 15) is 14.7 Å². The van der Waals surface area contributed by atoms with Crippen molar-refractivity contribution in [2.75, 3.05) is 33.8 Å². The highest BCUT2D eigenvalue weighted by atomic mass is 16.5. The quantitative estimate of drug-likeness (QED) is 0.407. The first-order chi connectivity index (χ1) is 15.9. The molecule has 0 spiro atoms. The van der Waals surface area contributed by atoms with E-state index in [1.54, 1.807) is 11.0 Å². The van der Waals surface area contributed by atoms with Crippen LogP contribution in [0.25, 0.3) is 6.08 Å². The van der Waals surface area contributed by atoms with Crippen molar-refractivity contribution in [1.82, 2.24) is 9.80 Å². The summed E-state index contributed by atoms with van der Waals surface area (Å²) in [6, 6.07) is 16.2. The van der Waals surface area contributed by atoms with Crippen LogP contribution in [-0.4, -0.2) is 60.4 Å². The Hall–Kier alpha value is -3.38. The first-order valence-electron chi connectivity index (χ1n) is 11.3. The third-order valence-corrected chi connectivity index (χ3v) is 5.55. The zero-order chi connectivity index (χ0) is 23.8. The minimum absolute atomic E-state index is 0.102. The highest BCUT2D eigenvalue weighted by molar-refractivity contribution is 6.14. The lowest BCUT2D eigenvalue weighted by atomic mass is 9.95. The van der Waals surface area contributed by atoms with Gasteiger partial charge < -0.3 is 19.6 Å². The predicted molar refractivity (Wildman–Crippen MR) is 130 cm³/mol. The van der Waals surface area contributed by atoms with Gasteiger partial charge in [0.2, 0.25) is 0 Å². The monoisotopic (exact) mass is 448 g/mol. The molecule has 174 valence electrons. The van der Waals surface area contributed by atoms with Crippen molar-refractivity contribution in [3.8, 4) is 5.75 Å². The van der Waals surface area contributed by atoms with Gasteiger partial charge in [-0.1, -0.05) is 61.9 Å². The van der Waals surface area contributed by atoms with Gasteiger partial charge in [-0.25, -0.2) is 0 Å². The van der Waals surface area contributed by atoms with E-state index in [0.29, 0.717) is 19.7 Å². The van der Waals surface area contributed by atoms with Crippen LogP contribution in [-0.2, 0) is 9.59 Å². The van der Waals surface area contributed by atoms with E-state index in [0.717, 1.165) is 29.7 Å². The standard InChI is InChI=1S/C27H32N2O4/c1-4-5-19-33-22-14-12-21(13-15-22)25-24(23(30)16-11-20-9-7-6-8-10-20)26(31)27(32)29(25)18-17-28(2)3/h6-16,25,31H,4-5,17-19H2,1-3H3. The Morgan fingerprint density at radius 2 is 1.82 bits per heavy atom. The zero-order valence-electron chi connectivity index (χ0n) is 19.5. The van der Waals surface area contributed by atoms with Crippen LogP contribution in [0.3, 0.4) is 0 Å². The number of nitrogens with zero attached hydrogens (tertiary/aromatic N) is 2. The van der Waals surface area contributed by atoms with E-state index in [1.165, 1.54) is 6.08 Å². The van der Waals surface area contributed by atoms with Gasteiger partial charge in [0.05, 0.1) is 18.2 Å². The lowest BCUT2D eigenvalue weighted by Gasteiger charge is -2.28. The topological polar surface area (TPSA) is 70.1 Å². The molecule has 1 amide bonds. The number of benzene rings is 2. The molecular weight excluding hydrogens is 416 g/mol. The second-order valence-electron chi connectivity index (χ2n) is 8.35. The smallest absolute Gasteiger partial charge is 0.290 e. The van der Waals surface area contributed by atoms with Crippen LogP contribution in [0.5, 0.6) is 5.75 Å². The summed E-state index contributed by atoms with van der Waals surface area (Å²) in [4.78, 5) is 29.6. The SMILES string of the molecule is CCCCOc1ccc(C2C(C(=O)C=Cc3ccccc3)=C(O)C(=O)N2CCN(C)C)cc1. The summed E-state index contributed by atoms with van der Waals surface area (Å²) < 4.78 is 5.75. The third-order valence-electron chi connectivity index (χ3n) is 5.55. The molecule has 1 aliphatic rings. The van der Waals surface area contributed by atoms with Crippen LogP contribution in [0, 0.1) is 0 Å². The Bertz CT molecular complexity index is 1010. The molecule has 2 aromatic rings. The Labute approximate surface area is 195 Å². The van der Waals surface area contributed by atoms with E-state index in [4.69, 9.17) is 4.74 Å². The lowest BCUT2D eigenvalue weighted by molar-refractivity contribution is -0.129. The summed E-state index contributed by atoms with van der Waals surface area (Å²) in [6.45, 7) is 3.74. The van der Waals surface area contributed by atoms with Crippen LogP contribution in [0.1, 0.15) is 36.9 Å². The van der Waals surface area contributed by atoms with Crippen molar-refractivity contribution in [2.24, 2.45) is 0 Å². The van der Waals surface area contributed by atoms with Gasteiger partial charge in [-0.05, 0) is 49.9 Å². The number of hydrogen-bond acceptors (Lipinski definition) is 5. The number of carbonyl (C=O) groups excluding carboxylic acids is 2. The molecule has 1 atom stereocenters. The molecule has 0 saturated carbocycles. The predicted octanol–water partition coefficient (Wildman–Crippen LogP) is 4.41. The number of amides is 1. The fourth-order valence-corrected chi connectivity index (χ4v) is 3.70. The number of aliphatic hydroxyl groups is 1. The van der Waals surface area contributed by atoms with Gasteiger partial charge >= 0.3 is 0 Å². The molecule has 0 aliphatic carbocycles. The second kappa shape index (κ2) is 11.5.